The summed E-state index contributed by atoms with van der Waals surface area (Å²) in [5.74, 6) is -2.79. The van der Waals surface area contributed by atoms with Crippen molar-refractivity contribution in [2.75, 3.05) is 5.75 Å². The first-order valence-corrected chi connectivity index (χ1v) is 7.74. The number of hydrogen-bond acceptors (Lipinski definition) is 4. The van der Waals surface area contributed by atoms with Crippen molar-refractivity contribution >= 4 is 21.7 Å². The van der Waals surface area contributed by atoms with Crippen LogP contribution in [0.5, 0.6) is 0 Å². The lowest BCUT2D eigenvalue weighted by atomic mass is 10.1. The molecule has 1 amide bonds. The second-order valence-corrected chi connectivity index (χ2v) is 7.16. The zero-order valence-corrected chi connectivity index (χ0v) is 12.1. The van der Waals surface area contributed by atoms with Gasteiger partial charge in [0.15, 0.2) is 15.9 Å². The van der Waals surface area contributed by atoms with E-state index in [1.54, 1.807) is 30.3 Å². The van der Waals surface area contributed by atoms with Gasteiger partial charge in [-0.2, -0.15) is 0 Å². The van der Waals surface area contributed by atoms with Crippen molar-refractivity contribution in [3.05, 3.63) is 35.9 Å². The number of carboxylic acids is 1. The first kappa shape index (κ1) is 16.2. The largest absolute Gasteiger partial charge is 0.479 e. The molecule has 7 heteroatoms. The van der Waals surface area contributed by atoms with Crippen molar-refractivity contribution in [3.63, 3.8) is 0 Å². The van der Waals surface area contributed by atoms with Gasteiger partial charge < -0.3 is 10.4 Å². The van der Waals surface area contributed by atoms with Gasteiger partial charge in [-0.05, 0) is 19.4 Å². The van der Waals surface area contributed by atoms with E-state index in [9.17, 15) is 18.0 Å². The Labute approximate surface area is 117 Å². The number of rotatable bonds is 6. The summed E-state index contributed by atoms with van der Waals surface area (Å²) in [5.41, 5.74) is 0.385. The van der Waals surface area contributed by atoms with Crippen LogP contribution in [-0.4, -0.2) is 36.4 Å². The summed E-state index contributed by atoms with van der Waals surface area (Å²) >= 11 is 0. The molecule has 6 nitrogen and oxygen atoms in total. The van der Waals surface area contributed by atoms with E-state index in [0.29, 0.717) is 5.56 Å². The average molecular weight is 299 g/mol. The third kappa shape index (κ3) is 4.34. The molecule has 2 N–H and O–H groups in total. The first-order valence-electron chi connectivity index (χ1n) is 6.02. The molecule has 0 aliphatic carbocycles. The summed E-state index contributed by atoms with van der Waals surface area (Å²) in [7, 11) is -3.56. The fourth-order valence-electron chi connectivity index (χ4n) is 1.49. The molecule has 1 aromatic carbocycles. The summed E-state index contributed by atoms with van der Waals surface area (Å²) < 4.78 is 23.2. The van der Waals surface area contributed by atoms with Gasteiger partial charge in [-0.3, -0.25) is 4.79 Å². The standard InChI is InChI=1S/C13H17NO5S/c1-9(2)20(18,19)8-11(15)14-12(13(16)17)10-6-4-3-5-7-10/h3-7,9,12H,8H2,1-2H3,(H,14,15)(H,16,17)/t12-/m0/s1. The summed E-state index contributed by atoms with van der Waals surface area (Å²) in [6.07, 6.45) is 0. The normalized spacial score (nSPS) is 12.9. The lowest BCUT2D eigenvalue weighted by Crippen LogP contribution is -2.38. The van der Waals surface area contributed by atoms with Crippen LogP contribution in [0.25, 0.3) is 0 Å². The van der Waals surface area contributed by atoms with E-state index in [1.807, 2.05) is 0 Å². The van der Waals surface area contributed by atoms with Crippen molar-refractivity contribution in [3.8, 4) is 0 Å². The Morgan fingerprint density at radius 3 is 2.20 bits per heavy atom. The Morgan fingerprint density at radius 1 is 1.20 bits per heavy atom. The highest BCUT2D eigenvalue weighted by atomic mass is 32.2. The number of benzene rings is 1. The molecule has 0 radical (unpaired) electrons. The summed E-state index contributed by atoms with van der Waals surface area (Å²) in [6, 6.07) is 6.84. The number of nitrogens with one attached hydrogen (secondary N) is 1. The Kier molecular flexibility index (Phi) is 5.26. The predicted molar refractivity (Wildman–Crippen MR) is 73.9 cm³/mol. The Hall–Kier alpha value is -1.89. The molecule has 110 valence electrons. The molecule has 0 bridgehead atoms. The lowest BCUT2D eigenvalue weighted by Gasteiger charge is -2.15. The molecule has 0 aliphatic rings. The maximum Gasteiger partial charge on any atom is 0.330 e. The van der Waals surface area contributed by atoms with Crippen molar-refractivity contribution in [2.24, 2.45) is 0 Å². The zero-order valence-electron chi connectivity index (χ0n) is 11.2. The number of carboxylic acid groups (broad SMARTS) is 1. The number of carbonyl (C=O) groups is 2. The van der Waals surface area contributed by atoms with Crippen LogP contribution in [0.4, 0.5) is 0 Å². The van der Waals surface area contributed by atoms with E-state index in [-0.39, 0.29) is 0 Å². The van der Waals surface area contributed by atoms with Crippen molar-refractivity contribution in [1.82, 2.24) is 5.32 Å². The summed E-state index contributed by atoms with van der Waals surface area (Å²) in [6.45, 7) is 2.93. The van der Waals surface area contributed by atoms with Crippen LogP contribution in [0.1, 0.15) is 25.5 Å². The summed E-state index contributed by atoms with van der Waals surface area (Å²) in [5, 5.41) is 10.7. The molecule has 0 fully saturated rings. The molecule has 1 aromatic rings. The van der Waals surface area contributed by atoms with Gasteiger partial charge >= 0.3 is 5.97 Å². The van der Waals surface area contributed by atoms with E-state index in [0.717, 1.165) is 0 Å². The molecule has 0 spiro atoms. The van der Waals surface area contributed by atoms with Crippen molar-refractivity contribution < 1.29 is 23.1 Å². The molecule has 0 heterocycles. The molecule has 0 aromatic heterocycles. The minimum absolute atomic E-state index is 0.385. The average Bonchev–Trinajstić information content (AvgIpc) is 2.36. The highest BCUT2D eigenvalue weighted by Crippen LogP contribution is 2.13. The third-order valence-electron chi connectivity index (χ3n) is 2.74. The van der Waals surface area contributed by atoms with Crippen molar-refractivity contribution in [2.45, 2.75) is 25.1 Å². The number of aliphatic carboxylic acids is 1. The molecular weight excluding hydrogens is 282 g/mol. The maximum absolute atomic E-state index is 11.7. The minimum Gasteiger partial charge on any atom is -0.479 e. The first-order chi connectivity index (χ1) is 9.24. The van der Waals surface area contributed by atoms with Crippen LogP contribution in [0.2, 0.25) is 0 Å². The van der Waals surface area contributed by atoms with E-state index in [4.69, 9.17) is 5.11 Å². The van der Waals surface area contributed by atoms with E-state index >= 15 is 0 Å². The van der Waals surface area contributed by atoms with Crippen LogP contribution in [0.15, 0.2) is 30.3 Å². The molecule has 0 saturated heterocycles. The van der Waals surface area contributed by atoms with E-state index in [1.165, 1.54) is 13.8 Å². The Bertz CT molecular complexity index is 580. The predicted octanol–water partition coefficient (Wildman–Crippen LogP) is 0.752. The number of amides is 1. The quantitative estimate of drug-likeness (QED) is 0.807. The number of hydrogen-bond donors (Lipinski definition) is 2. The molecule has 0 saturated carbocycles. The van der Waals surface area contributed by atoms with Gasteiger partial charge in [-0.25, -0.2) is 13.2 Å². The topological polar surface area (TPSA) is 101 Å². The maximum atomic E-state index is 11.7. The van der Waals surface area contributed by atoms with Gasteiger partial charge in [-0.1, -0.05) is 30.3 Å². The molecule has 1 atom stereocenters. The SMILES string of the molecule is CC(C)S(=O)(=O)CC(=O)N[C@H](C(=O)O)c1ccccc1. The van der Waals surface area contributed by atoms with Crippen LogP contribution < -0.4 is 5.32 Å². The third-order valence-corrected chi connectivity index (χ3v) is 4.84. The summed E-state index contributed by atoms with van der Waals surface area (Å²) in [4.78, 5) is 22.9. The molecule has 20 heavy (non-hydrogen) atoms. The van der Waals surface area contributed by atoms with E-state index < -0.39 is 38.8 Å². The number of carbonyl (C=O) groups excluding carboxylic acids is 1. The Balaban J connectivity index is 2.83. The van der Waals surface area contributed by atoms with Crippen LogP contribution >= 0.6 is 0 Å². The Morgan fingerprint density at radius 2 is 1.75 bits per heavy atom. The minimum atomic E-state index is -3.56. The van der Waals surface area contributed by atoms with Crippen LogP contribution in [0.3, 0.4) is 0 Å². The second-order valence-electron chi connectivity index (χ2n) is 4.61. The van der Waals surface area contributed by atoms with Crippen LogP contribution in [0, 0.1) is 0 Å². The van der Waals surface area contributed by atoms with Gasteiger partial charge in [0.1, 0.15) is 5.75 Å². The highest BCUT2D eigenvalue weighted by Gasteiger charge is 2.26. The van der Waals surface area contributed by atoms with Crippen LogP contribution in [-0.2, 0) is 19.4 Å². The van der Waals surface area contributed by atoms with E-state index in [2.05, 4.69) is 5.32 Å². The molecule has 1 rings (SSSR count). The smallest absolute Gasteiger partial charge is 0.330 e. The zero-order chi connectivity index (χ0) is 15.3. The second kappa shape index (κ2) is 6.51. The molecule has 0 unspecified atom stereocenters. The number of sulfone groups is 1. The fourth-order valence-corrected chi connectivity index (χ4v) is 2.27. The highest BCUT2D eigenvalue weighted by molar-refractivity contribution is 7.92. The lowest BCUT2D eigenvalue weighted by molar-refractivity contribution is -0.141. The van der Waals surface area contributed by atoms with Gasteiger partial charge in [0.2, 0.25) is 5.91 Å². The van der Waals surface area contributed by atoms with Gasteiger partial charge in [0, 0.05) is 0 Å². The fraction of sp³-hybridized carbons (Fsp3) is 0.385. The molecule has 0 aliphatic heterocycles. The molecular formula is C13H17NO5S. The van der Waals surface area contributed by atoms with Gasteiger partial charge in [0.25, 0.3) is 0 Å². The van der Waals surface area contributed by atoms with Gasteiger partial charge in [0.05, 0.1) is 5.25 Å². The monoisotopic (exact) mass is 299 g/mol. The van der Waals surface area contributed by atoms with Gasteiger partial charge in [-0.15, -0.1) is 0 Å². The van der Waals surface area contributed by atoms with Crippen molar-refractivity contribution in [1.29, 1.82) is 0 Å².